The number of rotatable bonds is 2. The third-order valence-electron chi connectivity index (χ3n) is 3.25. The van der Waals surface area contributed by atoms with Crippen LogP contribution in [0.1, 0.15) is 30.4 Å². The fraction of sp³-hybridized carbons (Fsp3) is 0.538. The molecule has 100 valence electrons. The minimum absolute atomic E-state index is 0.236. The van der Waals surface area contributed by atoms with Crippen molar-refractivity contribution in [3.8, 4) is 0 Å². The van der Waals surface area contributed by atoms with Gasteiger partial charge in [0.25, 0.3) is 0 Å². The fourth-order valence-corrected chi connectivity index (χ4v) is 2.32. The van der Waals surface area contributed by atoms with Crippen molar-refractivity contribution in [2.45, 2.75) is 32.0 Å². The summed E-state index contributed by atoms with van der Waals surface area (Å²) in [7, 11) is 0. The Hall–Kier alpha value is -1.23. The Morgan fingerprint density at radius 2 is 1.78 bits per heavy atom. The Balaban J connectivity index is 2.38. The van der Waals surface area contributed by atoms with Crippen molar-refractivity contribution < 1.29 is 18.3 Å². The second-order valence-electron chi connectivity index (χ2n) is 4.56. The number of aliphatic hydroxyl groups excluding tert-OH is 1. The topological polar surface area (TPSA) is 23.5 Å². The molecule has 1 aromatic carbocycles. The van der Waals surface area contributed by atoms with Crippen LogP contribution in [0.5, 0.6) is 0 Å². The summed E-state index contributed by atoms with van der Waals surface area (Å²) < 4.78 is 39.0. The van der Waals surface area contributed by atoms with Gasteiger partial charge in [-0.2, -0.15) is 13.2 Å². The summed E-state index contributed by atoms with van der Waals surface area (Å²) in [5.41, 5.74) is -0.113. The average Bonchev–Trinajstić information content (AvgIpc) is 2.38. The van der Waals surface area contributed by atoms with Crippen molar-refractivity contribution >= 4 is 5.69 Å². The molecule has 1 fully saturated rings. The molecule has 18 heavy (non-hydrogen) atoms. The minimum Gasteiger partial charge on any atom is -0.392 e. The van der Waals surface area contributed by atoms with Crippen LogP contribution in [-0.4, -0.2) is 18.2 Å². The SMILES string of the molecule is OCc1ccc(N2CCCCC2)c(C(F)(F)F)c1. The minimum atomic E-state index is -4.38. The van der Waals surface area contributed by atoms with Gasteiger partial charge in [-0.25, -0.2) is 0 Å². The first-order valence-corrected chi connectivity index (χ1v) is 6.08. The van der Waals surface area contributed by atoms with E-state index in [1.54, 1.807) is 11.0 Å². The first-order valence-electron chi connectivity index (χ1n) is 6.08. The van der Waals surface area contributed by atoms with Gasteiger partial charge in [-0.3, -0.25) is 0 Å². The Bertz CT molecular complexity index is 411. The van der Waals surface area contributed by atoms with Crippen molar-refractivity contribution in [2.75, 3.05) is 18.0 Å². The van der Waals surface area contributed by atoms with Crippen LogP contribution in [0.3, 0.4) is 0 Å². The molecule has 1 aromatic rings. The zero-order chi connectivity index (χ0) is 13.2. The second-order valence-corrected chi connectivity index (χ2v) is 4.56. The van der Waals surface area contributed by atoms with Crippen LogP contribution in [0.2, 0.25) is 0 Å². The molecule has 1 aliphatic heterocycles. The third-order valence-corrected chi connectivity index (χ3v) is 3.25. The molecule has 1 aliphatic rings. The number of hydrogen-bond donors (Lipinski definition) is 1. The Morgan fingerprint density at radius 1 is 1.11 bits per heavy atom. The number of nitrogens with zero attached hydrogens (tertiary/aromatic N) is 1. The van der Waals surface area contributed by atoms with Crippen LogP contribution < -0.4 is 4.90 Å². The van der Waals surface area contributed by atoms with E-state index in [0.29, 0.717) is 18.7 Å². The molecule has 1 N–H and O–H groups in total. The molecular formula is C13H16F3NO. The smallest absolute Gasteiger partial charge is 0.392 e. The molecule has 0 aliphatic carbocycles. The Morgan fingerprint density at radius 3 is 2.33 bits per heavy atom. The van der Waals surface area contributed by atoms with Crippen LogP contribution in [0, 0.1) is 0 Å². The van der Waals surface area contributed by atoms with Crippen molar-refractivity contribution in [3.63, 3.8) is 0 Å². The molecule has 0 unspecified atom stereocenters. The highest BCUT2D eigenvalue weighted by Crippen LogP contribution is 2.38. The first-order chi connectivity index (χ1) is 8.52. The zero-order valence-electron chi connectivity index (χ0n) is 10.0. The summed E-state index contributed by atoms with van der Waals surface area (Å²) in [6, 6.07) is 4.07. The van der Waals surface area contributed by atoms with Gasteiger partial charge in [-0.15, -0.1) is 0 Å². The summed E-state index contributed by atoms with van der Waals surface area (Å²) >= 11 is 0. The van der Waals surface area contributed by atoms with Gasteiger partial charge in [0.15, 0.2) is 0 Å². The largest absolute Gasteiger partial charge is 0.418 e. The van der Waals surface area contributed by atoms with Gasteiger partial charge < -0.3 is 10.0 Å². The van der Waals surface area contributed by atoms with E-state index in [1.165, 1.54) is 6.07 Å². The van der Waals surface area contributed by atoms with Gasteiger partial charge in [-0.1, -0.05) is 6.07 Å². The summed E-state index contributed by atoms with van der Waals surface area (Å²) in [6.45, 7) is 0.965. The number of halogens is 3. The fourth-order valence-electron chi connectivity index (χ4n) is 2.32. The second kappa shape index (κ2) is 5.18. The van der Waals surface area contributed by atoms with E-state index in [0.717, 1.165) is 25.3 Å². The van der Waals surface area contributed by atoms with Crippen LogP contribution in [0.4, 0.5) is 18.9 Å². The number of piperidine rings is 1. The zero-order valence-corrected chi connectivity index (χ0v) is 10.0. The van der Waals surface area contributed by atoms with Crippen LogP contribution >= 0.6 is 0 Å². The molecule has 2 nitrogen and oxygen atoms in total. The molecule has 2 rings (SSSR count). The Kier molecular flexibility index (Phi) is 3.80. The molecule has 1 saturated heterocycles. The van der Waals surface area contributed by atoms with Crippen LogP contribution in [0.25, 0.3) is 0 Å². The van der Waals surface area contributed by atoms with E-state index in [9.17, 15) is 13.2 Å². The molecule has 0 radical (unpaired) electrons. The molecule has 0 amide bonds. The van der Waals surface area contributed by atoms with Crippen molar-refractivity contribution in [1.29, 1.82) is 0 Å². The number of benzene rings is 1. The van der Waals surface area contributed by atoms with Gasteiger partial charge >= 0.3 is 6.18 Å². The van der Waals surface area contributed by atoms with Gasteiger partial charge in [-0.05, 0) is 37.0 Å². The molecule has 0 aromatic heterocycles. The summed E-state index contributed by atoms with van der Waals surface area (Å²) in [6.07, 6.45) is -1.44. The van der Waals surface area contributed by atoms with E-state index in [1.807, 2.05) is 0 Å². The highest BCUT2D eigenvalue weighted by Gasteiger charge is 2.35. The first kappa shape index (κ1) is 13.2. The van der Waals surface area contributed by atoms with E-state index in [2.05, 4.69) is 0 Å². The van der Waals surface area contributed by atoms with Gasteiger partial charge in [0.1, 0.15) is 0 Å². The highest BCUT2D eigenvalue weighted by molar-refractivity contribution is 5.56. The van der Waals surface area contributed by atoms with Crippen LogP contribution in [-0.2, 0) is 12.8 Å². The summed E-state index contributed by atoms with van der Waals surface area (Å²) in [4.78, 5) is 1.79. The van der Waals surface area contributed by atoms with E-state index in [4.69, 9.17) is 5.11 Å². The normalized spacial score (nSPS) is 17.0. The van der Waals surface area contributed by atoms with E-state index in [-0.39, 0.29) is 12.3 Å². The van der Waals surface area contributed by atoms with Gasteiger partial charge in [0, 0.05) is 18.8 Å². The average molecular weight is 259 g/mol. The standard InChI is InChI=1S/C13H16F3NO/c14-13(15,16)11-8-10(9-18)4-5-12(11)17-6-2-1-3-7-17/h4-5,8,18H,1-3,6-7,9H2. The van der Waals surface area contributed by atoms with Gasteiger partial charge in [0.05, 0.1) is 12.2 Å². The van der Waals surface area contributed by atoms with E-state index >= 15 is 0 Å². The molecule has 5 heteroatoms. The molecule has 0 atom stereocenters. The lowest BCUT2D eigenvalue weighted by molar-refractivity contribution is -0.137. The quantitative estimate of drug-likeness (QED) is 0.881. The maximum absolute atomic E-state index is 13.0. The van der Waals surface area contributed by atoms with Crippen molar-refractivity contribution in [2.24, 2.45) is 0 Å². The number of alkyl halides is 3. The van der Waals surface area contributed by atoms with Gasteiger partial charge in [0.2, 0.25) is 0 Å². The lowest BCUT2D eigenvalue weighted by atomic mass is 10.0. The number of aliphatic hydroxyl groups is 1. The maximum Gasteiger partial charge on any atom is 0.418 e. The van der Waals surface area contributed by atoms with Crippen molar-refractivity contribution in [1.82, 2.24) is 0 Å². The Labute approximate surface area is 104 Å². The highest BCUT2D eigenvalue weighted by atomic mass is 19.4. The summed E-state index contributed by atoms with van der Waals surface area (Å²) in [5, 5.41) is 8.95. The monoisotopic (exact) mass is 259 g/mol. The molecular weight excluding hydrogens is 243 g/mol. The molecule has 0 bridgehead atoms. The molecule has 1 heterocycles. The molecule has 0 spiro atoms. The maximum atomic E-state index is 13.0. The number of anilines is 1. The number of hydrogen-bond acceptors (Lipinski definition) is 2. The summed E-state index contributed by atoms with van der Waals surface area (Å²) in [5.74, 6) is 0. The van der Waals surface area contributed by atoms with E-state index < -0.39 is 11.7 Å². The predicted octanol–water partition coefficient (Wildman–Crippen LogP) is 3.19. The van der Waals surface area contributed by atoms with Crippen LogP contribution in [0.15, 0.2) is 18.2 Å². The molecule has 0 saturated carbocycles. The predicted molar refractivity (Wildman–Crippen MR) is 63.4 cm³/mol. The lowest BCUT2D eigenvalue weighted by Crippen LogP contribution is -2.31. The van der Waals surface area contributed by atoms with Crippen molar-refractivity contribution in [3.05, 3.63) is 29.3 Å². The third kappa shape index (κ3) is 2.77. The lowest BCUT2D eigenvalue weighted by Gasteiger charge is -2.31.